The molecule has 0 saturated heterocycles. The molecule has 0 fully saturated rings. The topological polar surface area (TPSA) is 92.0 Å². The second-order valence-electron chi connectivity index (χ2n) is 7.20. The smallest absolute Gasteiger partial charge is 0.338 e. The molecule has 1 atom stereocenters. The molecule has 0 radical (unpaired) electrons. The van der Waals surface area contributed by atoms with E-state index >= 15 is 0 Å². The van der Waals surface area contributed by atoms with Crippen LogP contribution in [0.1, 0.15) is 31.0 Å². The minimum absolute atomic E-state index is 0.197. The van der Waals surface area contributed by atoms with E-state index in [9.17, 15) is 9.59 Å². The summed E-state index contributed by atoms with van der Waals surface area (Å²) in [4.78, 5) is 35.8. The maximum Gasteiger partial charge on any atom is 0.338 e. The zero-order valence-electron chi connectivity index (χ0n) is 18.7. The highest BCUT2D eigenvalue weighted by Crippen LogP contribution is 2.37. The summed E-state index contributed by atoms with van der Waals surface area (Å²) in [5.41, 5.74) is 1.89. The highest BCUT2D eigenvalue weighted by molar-refractivity contribution is 7.07. The normalized spacial score (nSPS) is 15.6. The standard InChI is InChI=1S/C24H23N3O5S/c1-5-32-23(29)20-14(2)26-24-27(21(20)17-12-16(30-3)8-9-18(17)31-4)22(28)19(33-24)11-15-7-6-10-25-13-15/h6-13,21H,5H2,1-4H3/b19-11+/t21-/m0/s1. The molecule has 0 amide bonds. The lowest BCUT2D eigenvalue weighted by Gasteiger charge is -2.26. The molecule has 170 valence electrons. The molecule has 0 N–H and O–H groups in total. The van der Waals surface area contributed by atoms with Gasteiger partial charge in [0, 0.05) is 18.0 Å². The van der Waals surface area contributed by atoms with Crippen LogP contribution in [0.5, 0.6) is 11.5 Å². The fourth-order valence-corrected chi connectivity index (χ4v) is 4.80. The molecule has 1 aliphatic rings. The molecule has 33 heavy (non-hydrogen) atoms. The minimum atomic E-state index is -0.790. The summed E-state index contributed by atoms with van der Waals surface area (Å²) in [5.74, 6) is 0.551. The van der Waals surface area contributed by atoms with Crippen molar-refractivity contribution in [2.45, 2.75) is 19.9 Å². The summed E-state index contributed by atoms with van der Waals surface area (Å²) in [6.45, 7) is 3.67. The van der Waals surface area contributed by atoms with Crippen LogP contribution >= 0.6 is 11.3 Å². The Balaban J connectivity index is 2.02. The van der Waals surface area contributed by atoms with Crippen molar-refractivity contribution in [3.63, 3.8) is 0 Å². The third-order valence-corrected chi connectivity index (χ3v) is 6.21. The number of carbonyl (C=O) groups is 1. The number of fused-ring (bicyclic) bond motifs is 1. The molecule has 2 aromatic heterocycles. The Morgan fingerprint density at radius 3 is 2.73 bits per heavy atom. The lowest BCUT2D eigenvalue weighted by molar-refractivity contribution is -0.139. The number of nitrogens with zero attached hydrogens (tertiary/aromatic N) is 3. The highest BCUT2D eigenvalue weighted by Gasteiger charge is 2.35. The van der Waals surface area contributed by atoms with E-state index in [0.717, 1.165) is 5.56 Å². The lowest BCUT2D eigenvalue weighted by Crippen LogP contribution is -2.40. The van der Waals surface area contributed by atoms with E-state index in [2.05, 4.69) is 9.98 Å². The van der Waals surface area contributed by atoms with Crippen LogP contribution in [0.2, 0.25) is 0 Å². The molecule has 0 aliphatic carbocycles. The number of hydrogen-bond acceptors (Lipinski definition) is 8. The summed E-state index contributed by atoms with van der Waals surface area (Å²) < 4.78 is 18.3. The number of ether oxygens (including phenoxy) is 3. The fourth-order valence-electron chi connectivity index (χ4n) is 3.75. The molecule has 4 rings (SSSR count). The van der Waals surface area contributed by atoms with Crippen molar-refractivity contribution in [3.05, 3.63) is 84.8 Å². The van der Waals surface area contributed by atoms with Crippen LogP contribution in [-0.4, -0.2) is 36.3 Å². The minimum Gasteiger partial charge on any atom is -0.497 e. The molecular weight excluding hydrogens is 442 g/mol. The predicted octanol–water partition coefficient (Wildman–Crippen LogP) is 2.21. The van der Waals surface area contributed by atoms with E-state index in [0.29, 0.717) is 32.1 Å². The summed E-state index contributed by atoms with van der Waals surface area (Å²) in [6, 6.07) is 8.15. The summed E-state index contributed by atoms with van der Waals surface area (Å²) >= 11 is 1.25. The van der Waals surface area contributed by atoms with Gasteiger partial charge in [0.25, 0.3) is 5.56 Å². The van der Waals surface area contributed by atoms with Crippen molar-refractivity contribution in [1.29, 1.82) is 0 Å². The van der Waals surface area contributed by atoms with Crippen molar-refractivity contribution in [3.8, 4) is 11.5 Å². The van der Waals surface area contributed by atoms with Crippen LogP contribution in [0.4, 0.5) is 0 Å². The van der Waals surface area contributed by atoms with Gasteiger partial charge in [-0.25, -0.2) is 9.79 Å². The van der Waals surface area contributed by atoms with E-state index in [1.807, 2.05) is 6.07 Å². The number of aromatic nitrogens is 2. The molecule has 0 bridgehead atoms. The molecular formula is C24H23N3O5S. The second kappa shape index (κ2) is 9.41. The number of rotatable bonds is 6. The Morgan fingerprint density at radius 2 is 2.06 bits per heavy atom. The first kappa shape index (κ1) is 22.5. The monoisotopic (exact) mass is 465 g/mol. The van der Waals surface area contributed by atoms with Gasteiger partial charge in [0.05, 0.1) is 36.6 Å². The van der Waals surface area contributed by atoms with Crippen LogP contribution in [0, 0.1) is 0 Å². The van der Waals surface area contributed by atoms with Crippen LogP contribution in [0.3, 0.4) is 0 Å². The maximum atomic E-state index is 13.6. The van der Waals surface area contributed by atoms with Crippen LogP contribution in [-0.2, 0) is 9.53 Å². The van der Waals surface area contributed by atoms with Gasteiger partial charge >= 0.3 is 5.97 Å². The molecule has 9 heteroatoms. The quantitative estimate of drug-likeness (QED) is 0.519. The number of pyridine rings is 1. The Kier molecular flexibility index (Phi) is 6.41. The molecule has 3 heterocycles. The Hall–Kier alpha value is -3.72. The average molecular weight is 466 g/mol. The predicted molar refractivity (Wildman–Crippen MR) is 124 cm³/mol. The maximum absolute atomic E-state index is 13.6. The first-order valence-electron chi connectivity index (χ1n) is 10.3. The molecule has 1 aromatic carbocycles. The van der Waals surface area contributed by atoms with E-state index < -0.39 is 12.0 Å². The van der Waals surface area contributed by atoms with Gasteiger partial charge in [0.15, 0.2) is 4.80 Å². The fraction of sp³-hybridized carbons (Fsp3) is 0.250. The number of methoxy groups -OCH3 is 2. The SMILES string of the molecule is CCOC(=O)C1=C(C)N=c2s/c(=C/c3cccnc3)c(=O)n2[C@H]1c1cc(OC)ccc1OC. The van der Waals surface area contributed by atoms with Crippen LogP contribution < -0.4 is 24.4 Å². The summed E-state index contributed by atoms with van der Waals surface area (Å²) in [5, 5.41) is 0. The molecule has 0 spiro atoms. The van der Waals surface area contributed by atoms with Crippen molar-refractivity contribution in [2.75, 3.05) is 20.8 Å². The van der Waals surface area contributed by atoms with Crippen LogP contribution in [0.15, 0.2) is 63.8 Å². The summed E-state index contributed by atoms with van der Waals surface area (Å²) in [6.07, 6.45) is 5.11. The van der Waals surface area contributed by atoms with Gasteiger partial charge in [-0.1, -0.05) is 17.4 Å². The molecule has 8 nitrogen and oxygen atoms in total. The number of allylic oxidation sites excluding steroid dienone is 1. The third kappa shape index (κ3) is 4.19. The van der Waals surface area contributed by atoms with Gasteiger partial charge in [-0.3, -0.25) is 14.3 Å². The first-order valence-corrected chi connectivity index (χ1v) is 11.1. The van der Waals surface area contributed by atoms with Gasteiger partial charge in [-0.05, 0) is 49.8 Å². The van der Waals surface area contributed by atoms with Crippen LogP contribution in [0.25, 0.3) is 6.08 Å². The molecule has 0 unspecified atom stereocenters. The van der Waals surface area contributed by atoms with E-state index in [-0.39, 0.29) is 17.7 Å². The molecule has 1 aliphatic heterocycles. The molecule has 3 aromatic rings. The van der Waals surface area contributed by atoms with E-state index in [1.54, 1.807) is 63.7 Å². The lowest BCUT2D eigenvalue weighted by atomic mass is 9.94. The van der Waals surface area contributed by atoms with Gasteiger partial charge < -0.3 is 14.2 Å². The Morgan fingerprint density at radius 1 is 1.24 bits per heavy atom. The third-order valence-electron chi connectivity index (χ3n) is 5.23. The zero-order valence-corrected chi connectivity index (χ0v) is 19.5. The van der Waals surface area contributed by atoms with E-state index in [4.69, 9.17) is 14.2 Å². The number of carbonyl (C=O) groups excluding carboxylic acids is 1. The Bertz CT molecular complexity index is 1410. The zero-order chi connectivity index (χ0) is 23.5. The van der Waals surface area contributed by atoms with Crippen molar-refractivity contribution >= 4 is 23.4 Å². The van der Waals surface area contributed by atoms with Gasteiger partial charge in [0.2, 0.25) is 0 Å². The first-order chi connectivity index (χ1) is 16.0. The number of esters is 1. The van der Waals surface area contributed by atoms with Crippen molar-refractivity contribution in [2.24, 2.45) is 4.99 Å². The Labute approximate surface area is 194 Å². The van der Waals surface area contributed by atoms with Crippen molar-refractivity contribution < 1.29 is 19.0 Å². The van der Waals surface area contributed by atoms with Gasteiger partial charge in [0.1, 0.15) is 17.5 Å². The number of thiazole rings is 1. The second-order valence-corrected chi connectivity index (χ2v) is 8.21. The number of hydrogen-bond donors (Lipinski definition) is 0. The summed E-state index contributed by atoms with van der Waals surface area (Å²) in [7, 11) is 3.09. The van der Waals surface area contributed by atoms with Gasteiger partial charge in [-0.2, -0.15) is 0 Å². The highest BCUT2D eigenvalue weighted by atomic mass is 32.1. The van der Waals surface area contributed by atoms with Gasteiger partial charge in [-0.15, -0.1) is 0 Å². The van der Waals surface area contributed by atoms with Crippen molar-refractivity contribution in [1.82, 2.24) is 9.55 Å². The number of benzene rings is 1. The largest absolute Gasteiger partial charge is 0.497 e. The molecule has 0 saturated carbocycles. The van der Waals surface area contributed by atoms with E-state index in [1.165, 1.54) is 23.0 Å². The average Bonchev–Trinajstić information content (AvgIpc) is 3.12.